The standard InChI is InChI=1S/C14H20N4O/c1-15-13-5-3-10(8-17-13)18-14(19)11-6-9-2-4-12(11)16-7-9/h3,5,8-9,11-12,16H,2,4,6-7H2,1H3,(H,15,17)(H,18,19). The SMILES string of the molecule is CNc1ccc(NC(=O)C2CC3CCC2NC3)cn1. The van der Waals surface area contributed by atoms with Crippen molar-refractivity contribution in [2.75, 3.05) is 24.2 Å². The van der Waals surface area contributed by atoms with E-state index in [9.17, 15) is 4.79 Å². The zero-order valence-corrected chi connectivity index (χ0v) is 11.1. The molecule has 3 fully saturated rings. The number of aromatic nitrogens is 1. The lowest BCUT2D eigenvalue weighted by atomic mass is 9.73. The largest absolute Gasteiger partial charge is 0.373 e. The topological polar surface area (TPSA) is 66.0 Å². The van der Waals surface area contributed by atoms with Crippen molar-refractivity contribution in [1.82, 2.24) is 10.3 Å². The third kappa shape index (κ3) is 2.56. The van der Waals surface area contributed by atoms with Crippen LogP contribution < -0.4 is 16.0 Å². The van der Waals surface area contributed by atoms with Gasteiger partial charge in [0.15, 0.2) is 0 Å². The normalized spacial score (nSPS) is 29.0. The van der Waals surface area contributed by atoms with E-state index in [1.807, 2.05) is 19.2 Å². The molecule has 19 heavy (non-hydrogen) atoms. The summed E-state index contributed by atoms with van der Waals surface area (Å²) in [5.74, 6) is 1.71. The minimum Gasteiger partial charge on any atom is -0.373 e. The van der Waals surface area contributed by atoms with E-state index >= 15 is 0 Å². The number of piperidine rings is 2. The molecule has 3 atom stereocenters. The van der Waals surface area contributed by atoms with Crippen LogP contribution in [-0.2, 0) is 4.79 Å². The van der Waals surface area contributed by atoms with Crippen LogP contribution in [0.2, 0.25) is 0 Å². The summed E-state index contributed by atoms with van der Waals surface area (Å²) in [7, 11) is 1.82. The molecule has 0 spiro atoms. The van der Waals surface area contributed by atoms with Crippen LogP contribution >= 0.6 is 0 Å². The van der Waals surface area contributed by atoms with E-state index in [1.54, 1.807) is 6.20 Å². The Morgan fingerprint density at radius 3 is 2.84 bits per heavy atom. The molecular formula is C14H20N4O. The molecule has 0 aromatic carbocycles. The molecular weight excluding hydrogens is 240 g/mol. The number of anilines is 2. The van der Waals surface area contributed by atoms with Gasteiger partial charge in [-0.25, -0.2) is 4.98 Å². The summed E-state index contributed by atoms with van der Waals surface area (Å²) >= 11 is 0. The molecule has 2 bridgehead atoms. The molecule has 3 unspecified atom stereocenters. The van der Waals surface area contributed by atoms with Crippen LogP contribution in [0.3, 0.4) is 0 Å². The molecule has 2 saturated heterocycles. The molecule has 3 heterocycles. The number of rotatable bonds is 3. The van der Waals surface area contributed by atoms with Crippen molar-refractivity contribution < 1.29 is 4.79 Å². The smallest absolute Gasteiger partial charge is 0.229 e. The quantitative estimate of drug-likeness (QED) is 0.769. The van der Waals surface area contributed by atoms with Gasteiger partial charge in [0, 0.05) is 13.1 Å². The highest BCUT2D eigenvalue weighted by Gasteiger charge is 2.39. The summed E-state index contributed by atoms with van der Waals surface area (Å²) in [5.41, 5.74) is 0.769. The van der Waals surface area contributed by atoms with Gasteiger partial charge in [0.2, 0.25) is 5.91 Å². The number of hydrogen-bond acceptors (Lipinski definition) is 4. The predicted octanol–water partition coefficient (Wildman–Crippen LogP) is 1.45. The Balaban J connectivity index is 1.64. The molecule has 1 amide bonds. The third-order valence-electron chi connectivity index (χ3n) is 4.25. The Bertz CT molecular complexity index is 451. The summed E-state index contributed by atoms with van der Waals surface area (Å²) < 4.78 is 0. The molecule has 5 nitrogen and oxygen atoms in total. The van der Waals surface area contributed by atoms with E-state index in [1.165, 1.54) is 6.42 Å². The molecule has 1 aliphatic carbocycles. The molecule has 3 N–H and O–H groups in total. The highest BCUT2D eigenvalue weighted by molar-refractivity contribution is 5.93. The van der Waals surface area contributed by atoms with Gasteiger partial charge in [-0.15, -0.1) is 0 Å². The van der Waals surface area contributed by atoms with Gasteiger partial charge in [0.25, 0.3) is 0 Å². The molecule has 1 saturated carbocycles. The number of pyridine rings is 1. The van der Waals surface area contributed by atoms with Crippen LogP contribution in [-0.4, -0.2) is 30.5 Å². The second-order valence-electron chi connectivity index (χ2n) is 5.47. The maximum atomic E-state index is 12.3. The molecule has 4 rings (SSSR count). The fourth-order valence-electron chi connectivity index (χ4n) is 3.15. The van der Waals surface area contributed by atoms with Gasteiger partial charge < -0.3 is 16.0 Å². The Morgan fingerprint density at radius 2 is 2.32 bits per heavy atom. The zero-order chi connectivity index (χ0) is 13.2. The molecule has 102 valence electrons. The Labute approximate surface area is 113 Å². The van der Waals surface area contributed by atoms with Crippen molar-refractivity contribution in [2.24, 2.45) is 11.8 Å². The van der Waals surface area contributed by atoms with Gasteiger partial charge >= 0.3 is 0 Å². The van der Waals surface area contributed by atoms with Crippen molar-refractivity contribution in [3.05, 3.63) is 18.3 Å². The zero-order valence-electron chi connectivity index (χ0n) is 11.1. The third-order valence-corrected chi connectivity index (χ3v) is 4.25. The number of carbonyl (C=O) groups is 1. The summed E-state index contributed by atoms with van der Waals surface area (Å²) in [6.07, 6.45) is 5.10. The van der Waals surface area contributed by atoms with E-state index < -0.39 is 0 Å². The van der Waals surface area contributed by atoms with Crippen molar-refractivity contribution in [3.8, 4) is 0 Å². The summed E-state index contributed by atoms with van der Waals surface area (Å²) in [4.78, 5) is 16.5. The number of nitrogens with one attached hydrogen (secondary N) is 3. The van der Waals surface area contributed by atoms with E-state index in [0.717, 1.165) is 30.9 Å². The van der Waals surface area contributed by atoms with Gasteiger partial charge in [-0.1, -0.05) is 0 Å². The first-order valence-corrected chi connectivity index (χ1v) is 6.94. The van der Waals surface area contributed by atoms with Crippen LogP contribution in [0, 0.1) is 11.8 Å². The highest BCUT2D eigenvalue weighted by atomic mass is 16.1. The number of amides is 1. The van der Waals surface area contributed by atoms with Crippen molar-refractivity contribution in [3.63, 3.8) is 0 Å². The van der Waals surface area contributed by atoms with Gasteiger partial charge in [-0.05, 0) is 43.9 Å². The lowest BCUT2D eigenvalue weighted by Crippen LogP contribution is -2.53. The first kappa shape index (κ1) is 12.4. The maximum absolute atomic E-state index is 12.3. The lowest BCUT2D eigenvalue weighted by Gasteiger charge is -2.42. The first-order valence-electron chi connectivity index (χ1n) is 6.94. The van der Waals surface area contributed by atoms with Crippen LogP contribution in [0.5, 0.6) is 0 Å². The molecule has 1 aromatic heterocycles. The van der Waals surface area contributed by atoms with Crippen LogP contribution in [0.15, 0.2) is 18.3 Å². The van der Waals surface area contributed by atoms with Gasteiger partial charge in [-0.3, -0.25) is 4.79 Å². The summed E-state index contributed by atoms with van der Waals surface area (Å²) in [6, 6.07) is 4.10. The highest BCUT2D eigenvalue weighted by Crippen LogP contribution is 2.34. The van der Waals surface area contributed by atoms with E-state index in [2.05, 4.69) is 20.9 Å². The van der Waals surface area contributed by atoms with Crippen LogP contribution in [0.1, 0.15) is 19.3 Å². The van der Waals surface area contributed by atoms with Crippen LogP contribution in [0.25, 0.3) is 0 Å². The number of carbonyl (C=O) groups excluding carboxylic acids is 1. The maximum Gasteiger partial charge on any atom is 0.229 e. The van der Waals surface area contributed by atoms with Gasteiger partial charge in [0.05, 0.1) is 17.8 Å². The first-order chi connectivity index (χ1) is 9.26. The fourth-order valence-corrected chi connectivity index (χ4v) is 3.15. The number of nitrogens with zero attached hydrogens (tertiary/aromatic N) is 1. The van der Waals surface area contributed by atoms with E-state index in [0.29, 0.717) is 12.0 Å². The monoisotopic (exact) mass is 260 g/mol. The molecule has 2 aliphatic heterocycles. The average molecular weight is 260 g/mol. The second-order valence-corrected chi connectivity index (χ2v) is 5.47. The van der Waals surface area contributed by atoms with E-state index in [4.69, 9.17) is 0 Å². The van der Waals surface area contributed by atoms with Gasteiger partial charge in [0.1, 0.15) is 5.82 Å². The number of fused-ring (bicyclic) bond motifs is 3. The van der Waals surface area contributed by atoms with Crippen LogP contribution in [0.4, 0.5) is 11.5 Å². The minimum absolute atomic E-state index is 0.108. The second kappa shape index (κ2) is 5.17. The van der Waals surface area contributed by atoms with Crippen molar-refractivity contribution >= 4 is 17.4 Å². The summed E-state index contributed by atoms with van der Waals surface area (Å²) in [6.45, 7) is 1.08. The molecule has 5 heteroatoms. The van der Waals surface area contributed by atoms with Gasteiger partial charge in [-0.2, -0.15) is 0 Å². The molecule has 1 aromatic rings. The summed E-state index contributed by atoms with van der Waals surface area (Å²) in [5, 5.41) is 9.40. The minimum atomic E-state index is 0.108. The Hall–Kier alpha value is -1.62. The Kier molecular flexibility index (Phi) is 3.38. The number of hydrogen-bond donors (Lipinski definition) is 3. The van der Waals surface area contributed by atoms with Crippen molar-refractivity contribution in [2.45, 2.75) is 25.3 Å². The Morgan fingerprint density at radius 1 is 1.42 bits per heavy atom. The predicted molar refractivity (Wildman–Crippen MR) is 75.0 cm³/mol. The molecule has 3 aliphatic rings. The average Bonchev–Trinajstić information content (AvgIpc) is 2.49. The fraction of sp³-hybridized carbons (Fsp3) is 0.571. The van der Waals surface area contributed by atoms with Crippen molar-refractivity contribution in [1.29, 1.82) is 0 Å². The lowest BCUT2D eigenvalue weighted by molar-refractivity contribution is -0.123. The van der Waals surface area contributed by atoms with E-state index in [-0.39, 0.29) is 11.8 Å². The molecule has 0 radical (unpaired) electrons.